The van der Waals surface area contributed by atoms with Crippen LogP contribution in [0.2, 0.25) is 0 Å². The molecule has 0 atom stereocenters. The lowest BCUT2D eigenvalue weighted by molar-refractivity contribution is -0.148. The van der Waals surface area contributed by atoms with Crippen LogP contribution in [0.3, 0.4) is 0 Å². The van der Waals surface area contributed by atoms with Gasteiger partial charge in [-0.15, -0.1) is 0 Å². The largest absolute Gasteiger partial charge is 0.341 e. The van der Waals surface area contributed by atoms with Gasteiger partial charge in [-0.3, -0.25) is 9.59 Å². The van der Waals surface area contributed by atoms with E-state index in [4.69, 9.17) is 0 Å². The molecule has 1 aromatic carbocycles. The van der Waals surface area contributed by atoms with Crippen molar-refractivity contribution in [1.29, 1.82) is 0 Å². The third-order valence-electron chi connectivity index (χ3n) is 2.87. The Kier molecular flexibility index (Phi) is 3.43. The van der Waals surface area contributed by atoms with Crippen molar-refractivity contribution in [2.75, 3.05) is 6.54 Å². The number of nitrogens with zero attached hydrogens (tertiary/aromatic N) is 1. The summed E-state index contributed by atoms with van der Waals surface area (Å²) in [6, 6.07) is 7.74. The second-order valence-corrected chi connectivity index (χ2v) is 5.88. The third-order valence-corrected chi connectivity index (χ3v) is 3.36. The standard InChI is InChI=1S/C13H15BrN2O2/c1-13(2)12(18)16(8-11(17)15-13)7-9-4-3-5-10(14)6-9/h3-6H,7-8H2,1-2H3,(H,15,17). The van der Waals surface area contributed by atoms with Gasteiger partial charge in [0.05, 0.1) is 6.54 Å². The average Bonchev–Trinajstić information content (AvgIpc) is 2.24. The van der Waals surface area contributed by atoms with Crippen molar-refractivity contribution in [3.63, 3.8) is 0 Å². The fraction of sp³-hybridized carbons (Fsp3) is 0.385. The average molecular weight is 311 g/mol. The molecule has 0 spiro atoms. The molecule has 0 aromatic heterocycles. The molecule has 0 unspecified atom stereocenters. The molecule has 4 nitrogen and oxygen atoms in total. The maximum absolute atomic E-state index is 12.2. The van der Waals surface area contributed by atoms with Gasteiger partial charge in [-0.2, -0.15) is 0 Å². The van der Waals surface area contributed by atoms with E-state index < -0.39 is 5.54 Å². The van der Waals surface area contributed by atoms with Crippen molar-refractivity contribution in [1.82, 2.24) is 10.2 Å². The van der Waals surface area contributed by atoms with Gasteiger partial charge in [0.2, 0.25) is 11.8 Å². The van der Waals surface area contributed by atoms with Crippen LogP contribution < -0.4 is 5.32 Å². The van der Waals surface area contributed by atoms with Crippen molar-refractivity contribution in [3.8, 4) is 0 Å². The molecule has 1 aromatic rings. The van der Waals surface area contributed by atoms with Gasteiger partial charge in [0, 0.05) is 11.0 Å². The molecule has 1 aliphatic rings. The van der Waals surface area contributed by atoms with Crippen LogP contribution in [0.5, 0.6) is 0 Å². The first kappa shape index (κ1) is 13.1. The highest BCUT2D eigenvalue weighted by atomic mass is 79.9. The zero-order valence-corrected chi connectivity index (χ0v) is 12.0. The molecule has 1 aliphatic heterocycles. The van der Waals surface area contributed by atoms with E-state index in [0.717, 1.165) is 10.0 Å². The predicted molar refractivity (Wildman–Crippen MR) is 71.8 cm³/mol. The highest BCUT2D eigenvalue weighted by molar-refractivity contribution is 9.10. The molecular formula is C13H15BrN2O2. The minimum Gasteiger partial charge on any atom is -0.341 e. The zero-order valence-electron chi connectivity index (χ0n) is 10.4. The van der Waals surface area contributed by atoms with Gasteiger partial charge in [0.25, 0.3) is 0 Å². The minimum absolute atomic E-state index is 0.0536. The fourth-order valence-electron chi connectivity index (χ4n) is 2.07. The van der Waals surface area contributed by atoms with Gasteiger partial charge in [0.15, 0.2) is 0 Å². The summed E-state index contributed by atoms with van der Waals surface area (Å²) in [4.78, 5) is 25.3. The number of nitrogens with one attached hydrogen (secondary N) is 1. The summed E-state index contributed by atoms with van der Waals surface area (Å²) in [5, 5.41) is 2.69. The first-order valence-corrected chi connectivity index (χ1v) is 6.52. The van der Waals surface area contributed by atoms with Gasteiger partial charge >= 0.3 is 0 Å². The second kappa shape index (κ2) is 4.72. The molecule has 1 saturated heterocycles. The first-order chi connectivity index (χ1) is 8.38. The molecule has 18 heavy (non-hydrogen) atoms. The van der Waals surface area contributed by atoms with E-state index >= 15 is 0 Å². The normalized spacial score (nSPS) is 18.7. The van der Waals surface area contributed by atoms with Crippen LogP contribution in [-0.4, -0.2) is 28.8 Å². The van der Waals surface area contributed by atoms with E-state index in [2.05, 4.69) is 21.2 Å². The van der Waals surface area contributed by atoms with E-state index in [0.29, 0.717) is 6.54 Å². The number of hydrogen-bond donors (Lipinski definition) is 1. The Morgan fingerprint density at radius 1 is 1.39 bits per heavy atom. The zero-order chi connectivity index (χ0) is 13.3. The monoisotopic (exact) mass is 310 g/mol. The molecule has 5 heteroatoms. The summed E-state index contributed by atoms with van der Waals surface area (Å²) in [5.74, 6) is -0.170. The van der Waals surface area contributed by atoms with Crippen molar-refractivity contribution < 1.29 is 9.59 Å². The van der Waals surface area contributed by atoms with Gasteiger partial charge in [0.1, 0.15) is 5.54 Å². The number of piperazine rings is 1. The van der Waals surface area contributed by atoms with Crippen molar-refractivity contribution in [2.45, 2.75) is 25.9 Å². The Labute approximate surface area is 114 Å². The van der Waals surface area contributed by atoms with Crippen molar-refractivity contribution in [2.24, 2.45) is 0 Å². The summed E-state index contributed by atoms with van der Waals surface area (Å²) >= 11 is 3.39. The van der Waals surface area contributed by atoms with Crippen molar-refractivity contribution in [3.05, 3.63) is 34.3 Å². The van der Waals surface area contributed by atoms with Gasteiger partial charge < -0.3 is 10.2 Å². The van der Waals surface area contributed by atoms with Crippen LogP contribution in [0.25, 0.3) is 0 Å². The summed E-state index contributed by atoms with van der Waals surface area (Å²) in [5.41, 5.74) is 0.185. The lowest BCUT2D eigenvalue weighted by Crippen LogP contribution is -2.63. The molecule has 1 N–H and O–H groups in total. The molecule has 1 fully saturated rings. The quantitative estimate of drug-likeness (QED) is 0.903. The van der Waals surface area contributed by atoms with Crippen LogP contribution in [0.1, 0.15) is 19.4 Å². The number of amides is 2. The maximum Gasteiger partial charge on any atom is 0.248 e. The van der Waals surface area contributed by atoms with Crippen LogP contribution >= 0.6 is 15.9 Å². The molecule has 0 aliphatic carbocycles. The number of rotatable bonds is 2. The Balaban J connectivity index is 2.18. The number of hydrogen-bond acceptors (Lipinski definition) is 2. The molecule has 96 valence electrons. The summed E-state index contributed by atoms with van der Waals surface area (Å²) < 4.78 is 0.966. The molecule has 0 radical (unpaired) electrons. The van der Waals surface area contributed by atoms with Gasteiger partial charge in [-0.1, -0.05) is 28.1 Å². The second-order valence-electron chi connectivity index (χ2n) is 4.96. The van der Waals surface area contributed by atoms with E-state index in [1.807, 2.05) is 24.3 Å². The lowest BCUT2D eigenvalue weighted by atomic mass is 10.00. The molecule has 0 bridgehead atoms. The van der Waals surface area contributed by atoms with Crippen LogP contribution in [0.15, 0.2) is 28.7 Å². The van der Waals surface area contributed by atoms with Crippen LogP contribution in [-0.2, 0) is 16.1 Å². The van der Waals surface area contributed by atoms with E-state index in [9.17, 15) is 9.59 Å². The highest BCUT2D eigenvalue weighted by Gasteiger charge is 2.38. The van der Waals surface area contributed by atoms with E-state index in [-0.39, 0.29) is 18.4 Å². The first-order valence-electron chi connectivity index (χ1n) is 5.73. The summed E-state index contributed by atoms with van der Waals surface area (Å²) in [7, 11) is 0. The maximum atomic E-state index is 12.2. The minimum atomic E-state index is -0.818. The van der Waals surface area contributed by atoms with Crippen molar-refractivity contribution >= 4 is 27.7 Å². The number of carbonyl (C=O) groups excluding carboxylic acids is 2. The smallest absolute Gasteiger partial charge is 0.248 e. The molecule has 2 amide bonds. The topological polar surface area (TPSA) is 49.4 Å². The molecule has 2 rings (SSSR count). The van der Waals surface area contributed by atoms with Crippen LogP contribution in [0.4, 0.5) is 0 Å². The number of halogens is 1. The van der Waals surface area contributed by atoms with Crippen LogP contribution in [0, 0.1) is 0 Å². The Bertz CT molecular complexity index is 500. The van der Waals surface area contributed by atoms with E-state index in [1.165, 1.54) is 0 Å². The summed E-state index contributed by atoms with van der Waals surface area (Å²) in [6.07, 6.45) is 0. The SMILES string of the molecule is CC1(C)NC(=O)CN(Cc2cccc(Br)c2)C1=O. The Hall–Kier alpha value is -1.36. The van der Waals surface area contributed by atoms with Gasteiger partial charge in [-0.25, -0.2) is 0 Å². The molecule has 1 heterocycles. The fourth-order valence-corrected chi connectivity index (χ4v) is 2.51. The highest BCUT2D eigenvalue weighted by Crippen LogP contribution is 2.18. The number of carbonyl (C=O) groups is 2. The lowest BCUT2D eigenvalue weighted by Gasteiger charge is -2.37. The Morgan fingerprint density at radius 2 is 2.11 bits per heavy atom. The predicted octanol–water partition coefficient (Wildman–Crippen LogP) is 1.69. The third kappa shape index (κ3) is 2.72. The Morgan fingerprint density at radius 3 is 2.78 bits per heavy atom. The number of benzene rings is 1. The summed E-state index contributed by atoms with van der Waals surface area (Å²) in [6.45, 7) is 4.02. The molecular weight excluding hydrogens is 296 g/mol. The van der Waals surface area contributed by atoms with E-state index in [1.54, 1.807) is 18.7 Å². The molecule has 0 saturated carbocycles. The van der Waals surface area contributed by atoms with Gasteiger partial charge in [-0.05, 0) is 31.5 Å².